The van der Waals surface area contributed by atoms with Gasteiger partial charge in [-0.1, -0.05) is 20.8 Å². The van der Waals surface area contributed by atoms with E-state index in [1.54, 1.807) is 0 Å². The normalized spacial score (nSPS) is 15.1. The second-order valence-electron chi connectivity index (χ2n) is 6.27. The van der Waals surface area contributed by atoms with E-state index in [9.17, 15) is 0 Å². The highest BCUT2D eigenvalue weighted by Crippen LogP contribution is 2.25. The molecule has 2 nitrogen and oxygen atoms in total. The Balaban J connectivity index is 4.17. The van der Waals surface area contributed by atoms with Crippen molar-refractivity contribution in [3.8, 4) is 6.07 Å². The molecule has 0 N–H and O–H groups in total. The Morgan fingerprint density at radius 1 is 1.20 bits per heavy atom. The van der Waals surface area contributed by atoms with Crippen molar-refractivity contribution in [1.82, 2.24) is 4.90 Å². The van der Waals surface area contributed by atoms with Gasteiger partial charge < -0.3 is 4.90 Å². The minimum Gasteiger partial charge on any atom is -0.303 e. The zero-order valence-corrected chi connectivity index (χ0v) is 11.4. The van der Waals surface area contributed by atoms with Crippen LogP contribution in [-0.2, 0) is 0 Å². The highest BCUT2D eigenvalue weighted by Gasteiger charge is 2.25. The van der Waals surface area contributed by atoms with Gasteiger partial charge in [0.1, 0.15) is 0 Å². The maximum atomic E-state index is 8.94. The lowest BCUT2D eigenvalue weighted by Crippen LogP contribution is -2.40. The summed E-state index contributed by atoms with van der Waals surface area (Å²) >= 11 is 0. The Morgan fingerprint density at radius 3 is 2.00 bits per heavy atom. The first-order valence-corrected chi connectivity index (χ1v) is 5.71. The molecule has 0 rings (SSSR count). The summed E-state index contributed by atoms with van der Waals surface area (Å²) in [5, 5.41) is 8.94. The first kappa shape index (κ1) is 14.5. The molecule has 0 aromatic heterocycles. The van der Waals surface area contributed by atoms with E-state index in [0.717, 1.165) is 13.0 Å². The topological polar surface area (TPSA) is 27.0 Å². The van der Waals surface area contributed by atoms with Crippen molar-refractivity contribution in [3.63, 3.8) is 0 Å². The van der Waals surface area contributed by atoms with Crippen LogP contribution < -0.4 is 0 Å². The zero-order valence-electron chi connectivity index (χ0n) is 11.4. The minimum atomic E-state index is -0.203. The molecular weight excluding hydrogens is 184 g/mol. The molecule has 0 saturated carbocycles. The second kappa shape index (κ2) is 4.99. The van der Waals surface area contributed by atoms with Crippen LogP contribution >= 0.6 is 0 Å². The fourth-order valence-electron chi connectivity index (χ4n) is 1.37. The summed E-state index contributed by atoms with van der Waals surface area (Å²) in [7, 11) is 2.14. The Labute approximate surface area is 95.3 Å². The quantitative estimate of drug-likeness (QED) is 0.712. The third-order valence-electron chi connectivity index (χ3n) is 3.31. The first-order chi connectivity index (χ1) is 6.60. The molecule has 0 aromatic rings. The van der Waals surface area contributed by atoms with E-state index < -0.39 is 0 Å². The fourth-order valence-corrected chi connectivity index (χ4v) is 1.37. The van der Waals surface area contributed by atoms with Gasteiger partial charge in [0.15, 0.2) is 0 Å². The molecule has 2 heteroatoms. The van der Waals surface area contributed by atoms with Crippen LogP contribution in [0, 0.1) is 22.2 Å². The molecule has 0 aromatic carbocycles. The molecule has 88 valence electrons. The van der Waals surface area contributed by atoms with Crippen molar-refractivity contribution >= 4 is 0 Å². The summed E-state index contributed by atoms with van der Waals surface area (Å²) < 4.78 is 0. The van der Waals surface area contributed by atoms with E-state index in [-0.39, 0.29) is 5.41 Å². The van der Waals surface area contributed by atoms with Gasteiger partial charge in [0.25, 0.3) is 0 Å². The van der Waals surface area contributed by atoms with Gasteiger partial charge in [-0.3, -0.25) is 0 Å². The monoisotopic (exact) mass is 210 g/mol. The van der Waals surface area contributed by atoms with Gasteiger partial charge in [0.05, 0.1) is 11.5 Å². The summed E-state index contributed by atoms with van der Waals surface area (Å²) in [4.78, 5) is 2.35. The predicted octanol–water partition coefficient (Wildman–Crippen LogP) is 3.29. The predicted molar refractivity (Wildman–Crippen MR) is 65.6 cm³/mol. The number of hydrogen-bond acceptors (Lipinski definition) is 2. The van der Waals surface area contributed by atoms with E-state index in [0.29, 0.717) is 11.5 Å². The van der Waals surface area contributed by atoms with Crippen molar-refractivity contribution in [3.05, 3.63) is 0 Å². The average Bonchev–Trinajstić information content (AvgIpc) is 2.11. The summed E-state index contributed by atoms with van der Waals surface area (Å²) in [6, 6.07) is 2.88. The first-order valence-electron chi connectivity index (χ1n) is 5.71. The molecule has 0 saturated heterocycles. The Kier molecular flexibility index (Phi) is 4.80. The van der Waals surface area contributed by atoms with E-state index in [1.807, 2.05) is 13.8 Å². The van der Waals surface area contributed by atoms with E-state index in [2.05, 4.69) is 45.7 Å². The molecule has 1 atom stereocenters. The van der Waals surface area contributed by atoms with Crippen molar-refractivity contribution < 1.29 is 0 Å². The minimum absolute atomic E-state index is 0.203. The Morgan fingerprint density at radius 2 is 1.67 bits per heavy atom. The van der Waals surface area contributed by atoms with Crippen LogP contribution in [0.15, 0.2) is 0 Å². The lowest BCUT2D eigenvalue weighted by molar-refractivity contribution is 0.131. The van der Waals surface area contributed by atoms with Gasteiger partial charge in [-0.05, 0) is 46.2 Å². The smallest absolute Gasteiger partial charge is 0.0684 e. The largest absolute Gasteiger partial charge is 0.303 e. The molecular formula is C13H26N2. The number of nitriles is 1. The van der Waals surface area contributed by atoms with Crippen LogP contribution in [-0.4, -0.2) is 24.5 Å². The highest BCUT2D eigenvalue weighted by molar-refractivity contribution is 4.92. The van der Waals surface area contributed by atoms with Crippen molar-refractivity contribution in [2.24, 2.45) is 10.8 Å². The Bertz CT molecular complexity index is 230. The fraction of sp³-hybridized carbons (Fsp3) is 0.923. The third kappa shape index (κ3) is 5.18. The molecule has 0 bridgehead atoms. The van der Waals surface area contributed by atoms with Gasteiger partial charge in [0.2, 0.25) is 0 Å². The van der Waals surface area contributed by atoms with Gasteiger partial charge in [-0.2, -0.15) is 5.26 Å². The van der Waals surface area contributed by atoms with E-state index in [4.69, 9.17) is 5.26 Å². The Hall–Kier alpha value is -0.550. The van der Waals surface area contributed by atoms with Crippen molar-refractivity contribution in [2.45, 2.75) is 54.0 Å². The zero-order chi connectivity index (χ0) is 12.3. The van der Waals surface area contributed by atoms with Crippen LogP contribution in [0.25, 0.3) is 0 Å². The van der Waals surface area contributed by atoms with Crippen LogP contribution in [0.2, 0.25) is 0 Å². The average molecular weight is 210 g/mol. The third-order valence-corrected chi connectivity index (χ3v) is 3.31. The summed E-state index contributed by atoms with van der Waals surface area (Å²) in [5.74, 6) is 0. The van der Waals surface area contributed by atoms with Gasteiger partial charge in [0, 0.05) is 6.04 Å². The lowest BCUT2D eigenvalue weighted by atomic mass is 9.86. The van der Waals surface area contributed by atoms with Gasteiger partial charge >= 0.3 is 0 Å². The second-order valence-corrected chi connectivity index (χ2v) is 6.27. The molecule has 0 heterocycles. The maximum absolute atomic E-state index is 8.94. The molecule has 0 amide bonds. The van der Waals surface area contributed by atoms with Crippen LogP contribution in [0.3, 0.4) is 0 Å². The molecule has 0 radical (unpaired) electrons. The molecule has 1 unspecified atom stereocenters. The van der Waals surface area contributed by atoms with Gasteiger partial charge in [-0.25, -0.2) is 0 Å². The summed E-state index contributed by atoms with van der Waals surface area (Å²) in [6.07, 6.45) is 0.931. The van der Waals surface area contributed by atoms with Crippen LogP contribution in [0.4, 0.5) is 0 Å². The summed E-state index contributed by atoms with van der Waals surface area (Å²) in [5.41, 5.74) is 0.0946. The standard InChI is InChI=1S/C13H26N2/c1-11(12(2,3)4)15(7)9-8-13(5,6)10-14/h11H,8-9H2,1-7H3. The molecule has 0 aliphatic heterocycles. The maximum Gasteiger partial charge on any atom is 0.0684 e. The molecule has 0 aliphatic rings. The summed E-state index contributed by atoms with van der Waals surface area (Å²) in [6.45, 7) is 14.0. The van der Waals surface area contributed by atoms with Gasteiger partial charge in [-0.15, -0.1) is 0 Å². The highest BCUT2D eigenvalue weighted by atomic mass is 15.1. The molecule has 15 heavy (non-hydrogen) atoms. The van der Waals surface area contributed by atoms with E-state index >= 15 is 0 Å². The number of rotatable bonds is 4. The van der Waals surface area contributed by atoms with Crippen LogP contribution in [0.5, 0.6) is 0 Å². The number of nitrogens with zero attached hydrogens (tertiary/aromatic N) is 2. The lowest BCUT2D eigenvalue weighted by Gasteiger charge is -2.36. The number of hydrogen-bond donors (Lipinski definition) is 0. The molecule has 0 spiro atoms. The molecule has 0 fully saturated rings. The SMILES string of the molecule is CC(N(C)CCC(C)(C)C#N)C(C)(C)C. The molecule has 0 aliphatic carbocycles. The van der Waals surface area contributed by atoms with Crippen molar-refractivity contribution in [2.75, 3.05) is 13.6 Å². The van der Waals surface area contributed by atoms with E-state index in [1.165, 1.54) is 0 Å². The van der Waals surface area contributed by atoms with Crippen molar-refractivity contribution in [1.29, 1.82) is 5.26 Å². The van der Waals surface area contributed by atoms with Crippen LogP contribution in [0.1, 0.15) is 48.0 Å².